The number of nitrogens with zero attached hydrogens (tertiary/aromatic N) is 2. The Morgan fingerprint density at radius 2 is 1.91 bits per heavy atom. The molecule has 0 unspecified atom stereocenters. The molecule has 2 aromatic rings. The fraction of sp³-hybridized carbons (Fsp3) is 0.353. The summed E-state index contributed by atoms with van der Waals surface area (Å²) in [5, 5.41) is 0. The van der Waals surface area contributed by atoms with E-state index in [-0.39, 0.29) is 11.7 Å². The van der Waals surface area contributed by atoms with Gasteiger partial charge in [-0.3, -0.25) is 9.69 Å². The summed E-state index contributed by atoms with van der Waals surface area (Å²) in [6.45, 7) is 4.10. The summed E-state index contributed by atoms with van der Waals surface area (Å²) in [4.78, 5) is 19.5. The van der Waals surface area contributed by atoms with E-state index in [1.165, 1.54) is 12.1 Å². The SMILES string of the molecule is O=C(c1cc[nH]c1)N1CCCN(Cc2ccc(F)cc2)CC1. The molecule has 0 saturated carbocycles. The maximum absolute atomic E-state index is 12.9. The predicted molar refractivity (Wildman–Crippen MR) is 83.0 cm³/mol. The molecule has 22 heavy (non-hydrogen) atoms. The van der Waals surface area contributed by atoms with E-state index in [0.29, 0.717) is 5.56 Å². The van der Waals surface area contributed by atoms with Gasteiger partial charge in [0.15, 0.2) is 0 Å². The second-order valence-electron chi connectivity index (χ2n) is 5.65. The monoisotopic (exact) mass is 301 g/mol. The van der Waals surface area contributed by atoms with Crippen LogP contribution in [0, 0.1) is 5.82 Å². The number of aromatic amines is 1. The molecule has 116 valence electrons. The number of hydrogen-bond donors (Lipinski definition) is 1. The Bertz CT molecular complexity index is 609. The molecule has 0 bridgehead atoms. The minimum Gasteiger partial charge on any atom is -0.367 e. The van der Waals surface area contributed by atoms with Crippen LogP contribution in [0.15, 0.2) is 42.7 Å². The number of benzene rings is 1. The number of halogens is 1. The number of aromatic nitrogens is 1. The van der Waals surface area contributed by atoms with Crippen LogP contribution in [0.3, 0.4) is 0 Å². The van der Waals surface area contributed by atoms with Crippen molar-refractivity contribution < 1.29 is 9.18 Å². The highest BCUT2D eigenvalue weighted by atomic mass is 19.1. The lowest BCUT2D eigenvalue weighted by Gasteiger charge is -2.21. The van der Waals surface area contributed by atoms with Gasteiger partial charge in [-0.05, 0) is 30.2 Å². The Labute approximate surface area is 129 Å². The van der Waals surface area contributed by atoms with Gasteiger partial charge in [-0.1, -0.05) is 12.1 Å². The summed E-state index contributed by atoms with van der Waals surface area (Å²) in [6, 6.07) is 8.44. The van der Waals surface area contributed by atoms with Gasteiger partial charge in [-0.15, -0.1) is 0 Å². The van der Waals surface area contributed by atoms with E-state index >= 15 is 0 Å². The molecule has 0 atom stereocenters. The number of nitrogens with one attached hydrogen (secondary N) is 1. The molecule has 1 aliphatic heterocycles. The quantitative estimate of drug-likeness (QED) is 0.946. The summed E-state index contributed by atoms with van der Waals surface area (Å²) >= 11 is 0. The van der Waals surface area contributed by atoms with Gasteiger partial charge in [-0.25, -0.2) is 4.39 Å². The van der Waals surface area contributed by atoms with Crippen LogP contribution >= 0.6 is 0 Å². The highest BCUT2D eigenvalue weighted by Gasteiger charge is 2.20. The summed E-state index contributed by atoms with van der Waals surface area (Å²) < 4.78 is 12.9. The first kappa shape index (κ1) is 14.8. The summed E-state index contributed by atoms with van der Waals surface area (Å²) in [7, 11) is 0. The van der Waals surface area contributed by atoms with Crippen LogP contribution < -0.4 is 0 Å². The Balaban J connectivity index is 1.58. The van der Waals surface area contributed by atoms with Crippen LogP contribution in [-0.2, 0) is 6.54 Å². The molecule has 0 aliphatic carbocycles. The molecule has 3 rings (SSSR count). The minimum atomic E-state index is -0.206. The number of carbonyl (C=O) groups excluding carboxylic acids is 1. The Morgan fingerprint density at radius 1 is 1.09 bits per heavy atom. The zero-order valence-electron chi connectivity index (χ0n) is 12.5. The summed E-state index contributed by atoms with van der Waals surface area (Å²) in [6.07, 6.45) is 4.47. The standard InChI is InChI=1S/C17H20FN3O/c18-16-4-2-14(3-5-16)13-20-8-1-9-21(11-10-20)17(22)15-6-7-19-12-15/h2-7,12,19H,1,8-11,13H2. The van der Waals surface area contributed by atoms with Crippen molar-refractivity contribution in [3.8, 4) is 0 Å². The van der Waals surface area contributed by atoms with Gasteiger partial charge in [0.1, 0.15) is 5.82 Å². The van der Waals surface area contributed by atoms with E-state index in [9.17, 15) is 9.18 Å². The van der Waals surface area contributed by atoms with E-state index in [0.717, 1.165) is 44.7 Å². The van der Waals surface area contributed by atoms with E-state index in [1.54, 1.807) is 12.4 Å². The van der Waals surface area contributed by atoms with Gasteiger partial charge >= 0.3 is 0 Å². The van der Waals surface area contributed by atoms with E-state index < -0.39 is 0 Å². The third kappa shape index (κ3) is 3.54. The third-order valence-electron chi connectivity index (χ3n) is 4.04. The van der Waals surface area contributed by atoms with Crippen molar-refractivity contribution in [3.63, 3.8) is 0 Å². The van der Waals surface area contributed by atoms with E-state index in [2.05, 4.69) is 9.88 Å². The first-order valence-corrected chi connectivity index (χ1v) is 7.61. The molecule has 4 nitrogen and oxygen atoms in total. The van der Waals surface area contributed by atoms with Crippen LogP contribution in [0.1, 0.15) is 22.3 Å². The van der Waals surface area contributed by atoms with Crippen molar-refractivity contribution >= 4 is 5.91 Å². The normalized spacial score (nSPS) is 16.5. The number of amides is 1. The average Bonchev–Trinajstić information content (AvgIpc) is 2.96. The minimum absolute atomic E-state index is 0.0879. The van der Waals surface area contributed by atoms with Crippen LogP contribution in [0.5, 0.6) is 0 Å². The molecular weight excluding hydrogens is 281 g/mol. The number of H-pyrrole nitrogens is 1. The molecule has 0 spiro atoms. The molecule has 1 aromatic heterocycles. The lowest BCUT2D eigenvalue weighted by atomic mass is 10.2. The van der Waals surface area contributed by atoms with Gasteiger partial charge in [0.2, 0.25) is 0 Å². The molecule has 1 amide bonds. The highest BCUT2D eigenvalue weighted by Crippen LogP contribution is 2.12. The third-order valence-corrected chi connectivity index (χ3v) is 4.04. The summed E-state index contributed by atoms with van der Waals surface area (Å²) in [5.74, 6) is -0.118. The Kier molecular flexibility index (Phi) is 4.53. The molecule has 1 aliphatic rings. The molecule has 0 radical (unpaired) electrons. The fourth-order valence-electron chi connectivity index (χ4n) is 2.82. The molecule has 1 N–H and O–H groups in total. The lowest BCUT2D eigenvalue weighted by molar-refractivity contribution is 0.0761. The van der Waals surface area contributed by atoms with Crippen molar-refractivity contribution in [2.24, 2.45) is 0 Å². The molecule has 1 fully saturated rings. The van der Waals surface area contributed by atoms with Crippen molar-refractivity contribution in [2.75, 3.05) is 26.2 Å². The molecule has 1 aromatic carbocycles. The van der Waals surface area contributed by atoms with Crippen LogP contribution in [-0.4, -0.2) is 46.9 Å². The molecular formula is C17H20FN3O. The number of rotatable bonds is 3. The molecule has 5 heteroatoms. The van der Waals surface area contributed by atoms with E-state index in [1.807, 2.05) is 23.1 Å². The summed E-state index contributed by atoms with van der Waals surface area (Å²) in [5.41, 5.74) is 1.82. The highest BCUT2D eigenvalue weighted by molar-refractivity contribution is 5.94. The van der Waals surface area contributed by atoms with Gasteiger partial charge in [0.05, 0.1) is 5.56 Å². The first-order valence-electron chi connectivity index (χ1n) is 7.61. The molecule has 2 heterocycles. The first-order chi connectivity index (χ1) is 10.7. The second kappa shape index (κ2) is 6.75. The number of carbonyl (C=O) groups is 1. The maximum Gasteiger partial charge on any atom is 0.255 e. The predicted octanol–water partition coefficient (Wildman–Crippen LogP) is 2.50. The van der Waals surface area contributed by atoms with Gasteiger partial charge in [0, 0.05) is 45.1 Å². The second-order valence-corrected chi connectivity index (χ2v) is 5.65. The Morgan fingerprint density at radius 3 is 2.64 bits per heavy atom. The smallest absolute Gasteiger partial charge is 0.255 e. The topological polar surface area (TPSA) is 39.3 Å². The zero-order valence-corrected chi connectivity index (χ0v) is 12.5. The fourth-order valence-corrected chi connectivity index (χ4v) is 2.82. The van der Waals surface area contributed by atoms with Crippen molar-refractivity contribution in [2.45, 2.75) is 13.0 Å². The molecule has 1 saturated heterocycles. The van der Waals surface area contributed by atoms with Crippen LogP contribution in [0.25, 0.3) is 0 Å². The van der Waals surface area contributed by atoms with Gasteiger partial charge in [-0.2, -0.15) is 0 Å². The van der Waals surface area contributed by atoms with E-state index in [4.69, 9.17) is 0 Å². The van der Waals surface area contributed by atoms with Crippen molar-refractivity contribution in [1.29, 1.82) is 0 Å². The van der Waals surface area contributed by atoms with Crippen LogP contribution in [0.2, 0.25) is 0 Å². The maximum atomic E-state index is 12.9. The number of hydrogen-bond acceptors (Lipinski definition) is 2. The lowest BCUT2D eigenvalue weighted by Crippen LogP contribution is -2.34. The van der Waals surface area contributed by atoms with Gasteiger partial charge < -0.3 is 9.88 Å². The Hall–Kier alpha value is -2.14. The zero-order chi connectivity index (χ0) is 15.4. The average molecular weight is 301 g/mol. The van der Waals surface area contributed by atoms with Gasteiger partial charge in [0.25, 0.3) is 5.91 Å². The van der Waals surface area contributed by atoms with Crippen molar-refractivity contribution in [1.82, 2.24) is 14.8 Å². The van der Waals surface area contributed by atoms with Crippen molar-refractivity contribution in [3.05, 3.63) is 59.7 Å². The largest absolute Gasteiger partial charge is 0.367 e. The van der Waals surface area contributed by atoms with Crippen LogP contribution in [0.4, 0.5) is 4.39 Å².